The Morgan fingerprint density at radius 2 is 1.75 bits per heavy atom. The Morgan fingerprint density at radius 1 is 1.19 bits per heavy atom. The molecule has 1 heteroatoms. The van der Waals surface area contributed by atoms with Crippen molar-refractivity contribution in [3.8, 4) is 0 Å². The van der Waals surface area contributed by atoms with Crippen LogP contribution in [-0.4, -0.2) is 5.71 Å². The lowest BCUT2D eigenvalue weighted by atomic mass is 10.00. The molecule has 0 aliphatic carbocycles. The highest BCUT2D eigenvalue weighted by atomic mass is 14.8. The monoisotopic (exact) mass is 217 g/mol. The molecule has 0 heterocycles. The van der Waals surface area contributed by atoms with Crippen molar-refractivity contribution in [3.63, 3.8) is 0 Å². The van der Waals surface area contributed by atoms with E-state index in [1.165, 1.54) is 0 Å². The Hall–Kier alpha value is -1.37. The van der Waals surface area contributed by atoms with E-state index in [1.54, 1.807) is 0 Å². The molecule has 0 bridgehead atoms. The van der Waals surface area contributed by atoms with Gasteiger partial charge in [-0.3, -0.25) is 4.99 Å². The van der Waals surface area contributed by atoms with E-state index in [0.717, 1.165) is 34.5 Å². The molecular weight excluding hydrogens is 194 g/mol. The van der Waals surface area contributed by atoms with Crippen molar-refractivity contribution in [3.05, 3.63) is 47.7 Å². The van der Waals surface area contributed by atoms with Gasteiger partial charge >= 0.3 is 0 Å². The molecular formula is C15H23N. The molecule has 0 aliphatic heterocycles. The standard InChI is InChI=1S/C15H23N/c1-8-13(7)14(10-11(3)4)15(9-2)16-12(5)6/h9-10H,3,7-8H2,1-2,4-6H3/b14-10+,15-9-. The van der Waals surface area contributed by atoms with Gasteiger partial charge in [-0.1, -0.05) is 37.8 Å². The van der Waals surface area contributed by atoms with Crippen LogP contribution in [-0.2, 0) is 0 Å². The third-order valence-corrected chi connectivity index (χ3v) is 2.09. The summed E-state index contributed by atoms with van der Waals surface area (Å²) in [4.78, 5) is 4.53. The normalized spacial score (nSPS) is 12.3. The Labute approximate surface area is 100.0 Å². The van der Waals surface area contributed by atoms with Gasteiger partial charge in [0, 0.05) is 11.3 Å². The van der Waals surface area contributed by atoms with E-state index in [4.69, 9.17) is 0 Å². The van der Waals surface area contributed by atoms with Gasteiger partial charge in [-0.25, -0.2) is 0 Å². The van der Waals surface area contributed by atoms with Crippen LogP contribution in [0.4, 0.5) is 0 Å². The molecule has 0 aliphatic rings. The summed E-state index contributed by atoms with van der Waals surface area (Å²) in [6, 6.07) is 0. The number of allylic oxidation sites excluding steroid dienone is 4. The van der Waals surface area contributed by atoms with Gasteiger partial charge in [0.05, 0.1) is 5.70 Å². The minimum absolute atomic E-state index is 0.925. The largest absolute Gasteiger partial charge is 0.258 e. The van der Waals surface area contributed by atoms with Crippen molar-refractivity contribution in [2.24, 2.45) is 4.99 Å². The quantitative estimate of drug-likeness (QED) is 0.461. The Balaban J connectivity index is 5.43. The molecule has 88 valence electrons. The van der Waals surface area contributed by atoms with Gasteiger partial charge in [-0.2, -0.15) is 0 Å². The Bertz CT molecular complexity index is 361. The van der Waals surface area contributed by atoms with Crippen LogP contribution < -0.4 is 0 Å². The topological polar surface area (TPSA) is 12.4 Å². The molecule has 0 aromatic heterocycles. The fourth-order valence-corrected chi connectivity index (χ4v) is 1.32. The van der Waals surface area contributed by atoms with Crippen molar-refractivity contribution >= 4 is 5.71 Å². The van der Waals surface area contributed by atoms with Crippen LogP contribution in [0.5, 0.6) is 0 Å². The summed E-state index contributed by atoms with van der Waals surface area (Å²) in [5, 5.41) is 0. The second-order valence-corrected chi connectivity index (χ2v) is 4.09. The molecule has 0 amide bonds. The third-order valence-electron chi connectivity index (χ3n) is 2.09. The van der Waals surface area contributed by atoms with Crippen molar-refractivity contribution in [1.82, 2.24) is 0 Å². The molecule has 0 radical (unpaired) electrons. The van der Waals surface area contributed by atoms with Gasteiger partial charge < -0.3 is 0 Å². The lowest BCUT2D eigenvalue weighted by Crippen LogP contribution is -1.94. The lowest BCUT2D eigenvalue weighted by molar-refractivity contribution is 1.10. The van der Waals surface area contributed by atoms with E-state index >= 15 is 0 Å². The molecule has 0 N–H and O–H groups in total. The van der Waals surface area contributed by atoms with Crippen LogP contribution in [0.2, 0.25) is 0 Å². The second-order valence-electron chi connectivity index (χ2n) is 4.09. The molecule has 0 saturated heterocycles. The van der Waals surface area contributed by atoms with Crippen molar-refractivity contribution in [2.45, 2.75) is 41.0 Å². The lowest BCUT2D eigenvalue weighted by Gasteiger charge is -2.10. The van der Waals surface area contributed by atoms with Crippen molar-refractivity contribution in [2.75, 3.05) is 0 Å². The second kappa shape index (κ2) is 7.00. The summed E-state index contributed by atoms with van der Waals surface area (Å²) in [5.41, 5.74) is 5.24. The Morgan fingerprint density at radius 3 is 2.06 bits per heavy atom. The van der Waals surface area contributed by atoms with E-state index in [2.05, 4.69) is 25.1 Å². The summed E-state index contributed by atoms with van der Waals surface area (Å²) in [6.45, 7) is 18.1. The van der Waals surface area contributed by atoms with Crippen LogP contribution in [0.1, 0.15) is 41.0 Å². The zero-order valence-electron chi connectivity index (χ0n) is 11.2. The average molecular weight is 217 g/mol. The van der Waals surface area contributed by atoms with E-state index in [0.29, 0.717) is 0 Å². The molecule has 1 nitrogen and oxygen atoms in total. The molecule has 0 aromatic carbocycles. The van der Waals surface area contributed by atoms with Crippen LogP contribution in [0.25, 0.3) is 0 Å². The maximum Gasteiger partial charge on any atom is 0.0661 e. The number of hydrogen-bond donors (Lipinski definition) is 0. The molecule has 0 rings (SSSR count). The SMILES string of the molecule is C=C(C)/C=C(C(=C)CC)/C(=C/C)N=C(C)C. The van der Waals surface area contributed by atoms with Crippen LogP contribution in [0, 0.1) is 0 Å². The highest BCUT2D eigenvalue weighted by Crippen LogP contribution is 2.23. The molecule has 0 aromatic rings. The smallest absolute Gasteiger partial charge is 0.0661 e. The van der Waals surface area contributed by atoms with E-state index in [1.807, 2.05) is 39.8 Å². The average Bonchev–Trinajstić information content (AvgIpc) is 2.21. The fourth-order valence-electron chi connectivity index (χ4n) is 1.32. The molecule has 0 unspecified atom stereocenters. The van der Waals surface area contributed by atoms with Crippen molar-refractivity contribution in [1.29, 1.82) is 0 Å². The zero-order valence-corrected chi connectivity index (χ0v) is 11.2. The maximum atomic E-state index is 4.53. The van der Waals surface area contributed by atoms with Gasteiger partial charge in [-0.05, 0) is 39.7 Å². The Kier molecular flexibility index (Phi) is 6.40. The molecule has 0 fully saturated rings. The maximum absolute atomic E-state index is 4.53. The van der Waals surface area contributed by atoms with E-state index in [-0.39, 0.29) is 0 Å². The first kappa shape index (κ1) is 14.6. The number of hydrogen-bond acceptors (Lipinski definition) is 1. The first-order valence-corrected chi connectivity index (χ1v) is 5.66. The molecule has 16 heavy (non-hydrogen) atoms. The minimum Gasteiger partial charge on any atom is -0.258 e. The molecule has 0 spiro atoms. The predicted octanol–water partition coefficient (Wildman–Crippen LogP) is 4.84. The van der Waals surface area contributed by atoms with E-state index in [9.17, 15) is 0 Å². The van der Waals surface area contributed by atoms with Crippen LogP contribution >= 0.6 is 0 Å². The van der Waals surface area contributed by atoms with Crippen LogP contribution in [0.3, 0.4) is 0 Å². The predicted molar refractivity (Wildman–Crippen MR) is 74.9 cm³/mol. The summed E-state index contributed by atoms with van der Waals surface area (Å²) in [6.07, 6.45) is 4.99. The minimum atomic E-state index is 0.925. The highest BCUT2D eigenvalue weighted by molar-refractivity contribution is 5.81. The van der Waals surface area contributed by atoms with Gasteiger partial charge in [-0.15, -0.1) is 0 Å². The number of nitrogens with zero attached hydrogens (tertiary/aromatic N) is 1. The van der Waals surface area contributed by atoms with Gasteiger partial charge in [0.1, 0.15) is 0 Å². The van der Waals surface area contributed by atoms with Gasteiger partial charge in [0.2, 0.25) is 0 Å². The number of rotatable bonds is 5. The third kappa shape index (κ3) is 4.92. The van der Waals surface area contributed by atoms with Gasteiger partial charge in [0.25, 0.3) is 0 Å². The highest BCUT2D eigenvalue weighted by Gasteiger charge is 2.06. The fraction of sp³-hybridized carbons (Fsp3) is 0.400. The number of aliphatic imine (C=N–C) groups is 1. The van der Waals surface area contributed by atoms with E-state index < -0.39 is 0 Å². The first-order valence-electron chi connectivity index (χ1n) is 5.66. The summed E-state index contributed by atoms with van der Waals surface area (Å²) in [5.74, 6) is 0. The van der Waals surface area contributed by atoms with Crippen molar-refractivity contribution < 1.29 is 0 Å². The van der Waals surface area contributed by atoms with Gasteiger partial charge in [0.15, 0.2) is 0 Å². The molecule has 0 atom stereocenters. The first-order chi connectivity index (χ1) is 7.42. The molecule has 0 saturated carbocycles. The zero-order chi connectivity index (χ0) is 12.7. The summed E-state index contributed by atoms with van der Waals surface area (Å²) in [7, 11) is 0. The summed E-state index contributed by atoms with van der Waals surface area (Å²) >= 11 is 0. The van der Waals surface area contributed by atoms with Crippen LogP contribution in [0.15, 0.2) is 52.7 Å². The summed E-state index contributed by atoms with van der Waals surface area (Å²) < 4.78 is 0.